The molecular weight excluding hydrogens is 310 g/mol. The predicted molar refractivity (Wildman–Crippen MR) is 85.5 cm³/mol. The van der Waals surface area contributed by atoms with E-state index in [2.05, 4.69) is 5.16 Å². The molecule has 1 aromatic heterocycles. The molecular formula is C14H14ClN3O2S. The molecule has 0 spiro atoms. The summed E-state index contributed by atoms with van der Waals surface area (Å²) in [5, 5.41) is 11.5. The number of amidine groups is 1. The third-order valence-electron chi connectivity index (χ3n) is 2.82. The van der Waals surface area contributed by atoms with Crippen LogP contribution in [0.1, 0.15) is 16.1 Å². The van der Waals surface area contributed by atoms with E-state index in [1.807, 2.05) is 30.3 Å². The van der Waals surface area contributed by atoms with Gasteiger partial charge in [0.05, 0.1) is 9.21 Å². The van der Waals surface area contributed by atoms with E-state index >= 15 is 0 Å². The molecule has 0 saturated carbocycles. The summed E-state index contributed by atoms with van der Waals surface area (Å²) in [6.45, 7) is 0.314. The topological polar surface area (TPSA) is 78.9 Å². The van der Waals surface area contributed by atoms with Crippen LogP contribution in [0.15, 0.2) is 47.6 Å². The summed E-state index contributed by atoms with van der Waals surface area (Å²) in [7, 11) is 0. The number of halogens is 1. The van der Waals surface area contributed by atoms with Gasteiger partial charge in [-0.25, -0.2) is 0 Å². The molecule has 0 saturated heterocycles. The van der Waals surface area contributed by atoms with Gasteiger partial charge in [-0.15, -0.1) is 11.3 Å². The number of rotatable bonds is 5. The second kappa shape index (κ2) is 7.10. The van der Waals surface area contributed by atoms with E-state index in [1.54, 1.807) is 17.0 Å². The molecule has 0 aliphatic carbocycles. The first kappa shape index (κ1) is 15.3. The molecule has 5 nitrogen and oxygen atoms in total. The van der Waals surface area contributed by atoms with Crippen LogP contribution in [0, 0.1) is 0 Å². The van der Waals surface area contributed by atoms with E-state index in [-0.39, 0.29) is 18.2 Å². The van der Waals surface area contributed by atoms with Gasteiger partial charge in [-0.1, -0.05) is 35.0 Å². The molecule has 0 radical (unpaired) electrons. The summed E-state index contributed by atoms with van der Waals surface area (Å²) < 4.78 is 0.558. The minimum absolute atomic E-state index is 0.0768. The zero-order valence-electron chi connectivity index (χ0n) is 11.1. The summed E-state index contributed by atoms with van der Waals surface area (Å²) in [6.07, 6.45) is 0.274. The number of amides is 1. The Hall–Kier alpha value is -2.05. The fourth-order valence-electron chi connectivity index (χ4n) is 1.79. The van der Waals surface area contributed by atoms with Gasteiger partial charge in [0.1, 0.15) is 5.84 Å². The number of nitrogens with zero attached hydrogens (tertiary/aromatic N) is 2. The Balaban J connectivity index is 2.25. The van der Waals surface area contributed by atoms with Gasteiger partial charge in [0.2, 0.25) is 0 Å². The molecule has 0 atom stereocenters. The number of nitrogens with two attached hydrogens (primary N) is 1. The molecule has 0 fully saturated rings. The van der Waals surface area contributed by atoms with Crippen molar-refractivity contribution in [1.29, 1.82) is 0 Å². The van der Waals surface area contributed by atoms with Crippen LogP contribution in [0.5, 0.6) is 0 Å². The van der Waals surface area contributed by atoms with Crippen LogP contribution in [-0.4, -0.2) is 23.5 Å². The largest absolute Gasteiger partial charge is 0.409 e. The third-order valence-corrected chi connectivity index (χ3v) is 4.04. The number of carbonyl (C=O) groups excluding carboxylic acids is 1. The Morgan fingerprint density at radius 1 is 1.29 bits per heavy atom. The molecule has 7 heteroatoms. The van der Waals surface area contributed by atoms with E-state index in [0.717, 1.165) is 5.69 Å². The lowest BCUT2D eigenvalue weighted by molar-refractivity contribution is 0.0991. The molecule has 3 N–H and O–H groups in total. The maximum atomic E-state index is 12.6. The van der Waals surface area contributed by atoms with Crippen molar-refractivity contribution in [2.75, 3.05) is 11.4 Å². The second-order valence-corrected chi connectivity index (χ2v) is 5.95. The zero-order valence-corrected chi connectivity index (χ0v) is 12.6. The minimum Gasteiger partial charge on any atom is -0.409 e. The van der Waals surface area contributed by atoms with E-state index in [1.165, 1.54) is 11.3 Å². The van der Waals surface area contributed by atoms with Crippen molar-refractivity contribution in [3.05, 3.63) is 51.7 Å². The molecule has 1 amide bonds. The van der Waals surface area contributed by atoms with Crippen LogP contribution in [0.25, 0.3) is 0 Å². The summed E-state index contributed by atoms with van der Waals surface area (Å²) in [4.78, 5) is 14.7. The Labute approximate surface area is 131 Å². The molecule has 110 valence electrons. The standard InChI is InChI=1S/C14H14ClN3O2S/c15-12-7-6-11(21-12)14(19)18(9-8-13(16)17-20)10-4-2-1-3-5-10/h1-7,20H,8-9H2,(H2,16,17). The highest BCUT2D eigenvalue weighted by Crippen LogP contribution is 2.25. The molecule has 0 unspecified atom stereocenters. The number of benzene rings is 1. The van der Waals surface area contributed by atoms with Crippen molar-refractivity contribution >= 4 is 40.4 Å². The fourth-order valence-corrected chi connectivity index (χ4v) is 2.79. The molecule has 0 bridgehead atoms. The lowest BCUT2D eigenvalue weighted by Gasteiger charge is -2.22. The van der Waals surface area contributed by atoms with Gasteiger partial charge < -0.3 is 15.8 Å². The van der Waals surface area contributed by atoms with Crippen LogP contribution in [0.3, 0.4) is 0 Å². The minimum atomic E-state index is -0.163. The number of hydrogen-bond donors (Lipinski definition) is 2. The summed E-state index contributed by atoms with van der Waals surface area (Å²) in [5.41, 5.74) is 6.23. The lowest BCUT2D eigenvalue weighted by atomic mass is 10.2. The van der Waals surface area contributed by atoms with Crippen LogP contribution in [-0.2, 0) is 0 Å². The van der Waals surface area contributed by atoms with E-state index in [0.29, 0.717) is 15.8 Å². The first-order valence-electron chi connectivity index (χ1n) is 6.20. The summed E-state index contributed by atoms with van der Waals surface area (Å²) >= 11 is 7.10. The molecule has 0 aliphatic rings. The number of thiophene rings is 1. The highest BCUT2D eigenvalue weighted by molar-refractivity contribution is 7.18. The normalized spacial score (nSPS) is 11.4. The third kappa shape index (κ3) is 3.96. The van der Waals surface area contributed by atoms with Crippen molar-refractivity contribution in [2.24, 2.45) is 10.9 Å². The van der Waals surface area contributed by atoms with E-state index < -0.39 is 0 Å². The monoisotopic (exact) mass is 323 g/mol. The summed E-state index contributed by atoms with van der Waals surface area (Å²) in [6, 6.07) is 12.6. The van der Waals surface area contributed by atoms with Gasteiger partial charge in [0.15, 0.2) is 0 Å². The van der Waals surface area contributed by atoms with Crippen LogP contribution >= 0.6 is 22.9 Å². The van der Waals surface area contributed by atoms with Crippen molar-refractivity contribution < 1.29 is 10.0 Å². The average Bonchev–Trinajstić information content (AvgIpc) is 2.94. The van der Waals surface area contributed by atoms with Gasteiger partial charge in [0, 0.05) is 18.7 Å². The van der Waals surface area contributed by atoms with Gasteiger partial charge >= 0.3 is 0 Å². The SMILES string of the molecule is NC(CCN(C(=O)c1ccc(Cl)s1)c1ccccc1)=NO. The molecule has 21 heavy (non-hydrogen) atoms. The van der Waals surface area contributed by atoms with Crippen LogP contribution < -0.4 is 10.6 Å². The summed E-state index contributed by atoms with van der Waals surface area (Å²) in [5.74, 6) is -0.0863. The highest BCUT2D eigenvalue weighted by atomic mass is 35.5. The highest BCUT2D eigenvalue weighted by Gasteiger charge is 2.19. The van der Waals surface area contributed by atoms with Gasteiger partial charge in [-0.3, -0.25) is 4.79 Å². The second-order valence-electron chi connectivity index (χ2n) is 4.24. The number of carbonyl (C=O) groups is 1. The lowest BCUT2D eigenvalue weighted by Crippen LogP contribution is -2.33. The first-order chi connectivity index (χ1) is 10.1. The maximum absolute atomic E-state index is 12.6. The number of anilines is 1. The number of oxime groups is 1. The molecule has 0 aliphatic heterocycles. The predicted octanol–water partition coefficient (Wildman–Crippen LogP) is 3.18. The molecule has 2 rings (SSSR count). The van der Waals surface area contributed by atoms with E-state index in [4.69, 9.17) is 22.5 Å². The van der Waals surface area contributed by atoms with E-state index in [9.17, 15) is 4.79 Å². The quantitative estimate of drug-likeness (QED) is 0.384. The first-order valence-corrected chi connectivity index (χ1v) is 7.40. The maximum Gasteiger partial charge on any atom is 0.268 e. The Kier molecular flexibility index (Phi) is 5.19. The number of hydrogen-bond acceptors (Lipinski definition) is 4. The van der Waals surface area contributed by atoms with Crippen LogP contribution in [0.2, 0.25) is 4.34 Å². The molecule has 2 aromatic rings. The fraction of sp³-hybridized carbons (Fsp3) is 0.143. The van der Waals surface area contributed by atoms with Crippen molar-refractivity contribution in [1.82, 2.24) is 0 Å². The number of para-hydroxylation sites is 1. The molecule has 1 heterocycles. The van der Waals surface area contributed by atoms with Crippen molar-refractivity contribution in [3.63, 3.8) is 0 Å². The average molecular weight is 324 g/mol. The Morgan fingerprint density at radius 3 is 2.57 bits per heavy atom. The Morgan fingerprint density at radius 2 is 2.00 bits per heavy atom. The van der Waals surface area contributed by atoms with Crippen molar-refractivity contribution in [2.45, 2.75) is 6.42 Å². The Bertz CT molecular complexity index is 643. The van der Waals surface area contributed by atoms with Crippen molar-refractivity contribution in [3.8, 4) is 0 Å². The van der Waals surface area contributed by atoms with Gasteiger partial charge in [0.25, 0.3) is 5.91 Å². The van der Waals surface area contributed by atoms with Crippen LogP contribution in [0.4, 0.5) is 5.69 Å². The van der Waals surface area contributed by atoms with Gasteiger partial charge in [-0.05, 0) is 24.3 Å². The zero-order chi connectivity index (χ0) is 15.2. The molecule has 1 aromatic carbocycles. The van der Waals surface area contributed by atoms with Gasteiger partial charge in [-0.2, -0.15) is 0 Å². The smallest absolute Gasteiger partial charge is 0.268 e.